The van der Waals surface area contributed by atoms with Crippen LogP contribution in [-0.4, -0.2) is 20.9 Å². The molecule has 2 aromatic carbocycles. The van der Waals surface area contributed by atoms with Crippen LogP contribution in [0.1, 0.15) is 25.7 Å². The molecule has 0 spiro atoms. The van der Waals surface area contributed by atoms with Gasteiger partial charge in [-0.15, -0.1) is 0 Å². The molecule has 0 radical (unpaired) electrons. The van der Waals surface area contributed by atoms with Crippen molar-refractivity contribution < 1.29 is 17.6 Å². The molecular formula is C18H22FN3O3S. The molecule has 2 aromatic rings. The third-order valence-electron chi connectivity index (χ3n) is 3.73. The fraction of sp³-hybridized carbons (Fsp3) is 0.278. The van der Waals surface area contributed by atoms with Crippen LogP contribution in [0.4, 0.5) is 15.8 Å². The molecule has 0 unspecified atom stereocenters. The van der Waals surface area contributed by atoms with Crippen molar-refractivity contribution in [2.75, 3.05) is 17.6 Å². The highest BCUT2D eigenvalue weighted by Crippen LogP contribution is 2.17. The molecule has 0 heterocycles. The number of rotatable bonds is 9. The van der Waals surface area contributed by atoms with E-state index in [1.54, 1.807) is 24.3 Å². The smallest absolute Gasteiger partial charge is 0.240 e. The molecule has 1 amide bonds. The lowest BCUT2D eigenvalue weighted by Crippen LogP contribution is -2.24. The highest BCUT2D eigenvalue weighted by atomic mass is 32.2. The number of nitrogen functional groups attached to an aromatic ring is 1. The van der Waals surface area contributed by atoms with E-state index in [0.29, 0.717) is 37.1 Å². The van der Waals surface area contributed by atoms with Crippen molar-refractivity contribution in [3.8, 4) is 0 Å². The number of hydrogen-bond donors (Lipinski definition) is 3. The van der Waals surface area contributed by atoms with Crippen LogP contribution < -0.4 is 15.8 Å². The fourth-order valence-corrected chi connectivity index (χ4v) is 3.39. The number of halogens is 1. The molecule has 0 atom stereocenters. The summed E-state index contributed by atoms with van der Waals surface area (Å²) in [6.07, 6.45) is 2.26. The lowest BCUT2D eigenvalue weighted by Gasteiger charge is -2.08. The van der Waals surface area contributed by atoms with Crippen molar-refractivity contribution in [1.82, 2.24) is 4.72 Å². The Labute approximate surface area is 152 Å². The summed E-state index contributed by atoms with van der Waals surface area (Å²) in [5.41, 5.74) is 6.86. The highest BCUT2D eigenvalue weighted by Gasteiger charge is 2.13. The first-order chi connectivity index (χ1) is 12.4. The summed E-state index contributed by atoms with van der Waals surface area (Å²) in [6, 6.07) is 11.7. The number of para-hydroxylation sites is 2. The van der Waals surface area contributed by atoms with Gasteiger partial charge in [0.05, 0.1) is 16.3 Å². The number of nitrogens with one attached hydrogen (secondary N) is 2. The Morgan fingerprint density at radius 3 is 2.38 bits per heavy atom. The predicted molar refractivity (Wildman–Crippen MR) is 99.5 cm³/mol. The second-order valence-corrected chi connectivity index (χ2v) is 7.56. The van der Waals surface area contributed by atoms with Crippen LogP contribution in [0.5, 0.6) is 0 Å². The van der Waals surface area contributed by atoms with E-state index in [2.05, 4.69) is 10.0 Å². The van der Waals surface area contributed by atoms with E-state index < -0.39 is 15.8 Å². The number of benzene rings is 2. The van der Waals surface area contributed by atoms with Crippen molar-refractivity contribution in [3.05, 3.63) is 54.3 Å². The second kappa shape index (κ2) is 9.30. The van der Waals surface area contributed by atoms with Crippen LogP contribution in [0.15, 0.2) is 53.4 Å². The Morgan fingerprint density at radius 1 is 1.00 bits per heavy atom. The van der Waals surface area contributed by atoms with Gasteiger partial charge in [0.2, 0.25) is 15.9 Å². The molecule has 0 bridgehead atoms. The summed E-state index contributed by atoms with van der Waals surface area (Å²) in [7, 11) is -3.64. The minimum atomic E-state index is -3.64. The van der Waals surface area contributed by atoms with Crippen molar-refractivity contribution in [1.29, 1.82) is 0 Å². The minimum Gasteiger partial charge on any atom is -0.397 e. The van der Waals surface area contributed by atoms with E-state index in [4.69, 9.17) is 5.73 Å². The Hall–Kier alpha value is -2.45. The molecule has 0 aromatic heterocycles. The van der Waals surface area contributed by atoms with Gasteiger partial charge in [0.15, 0.2) is 0 Å². The van der Waals surface area contributed by atoms with Crippen molar-refractivity contribution in [2.45, 2.75) is 30.6 Å². The first-order valence-corrected chi connectivity index (χ1v) is 9.76. The quantitative estimate of drug-likeness (QED) is 0.460. The molecule has 0 aliphatic carbocycles. The van der Waals surface area contributed by atoms with Gasteiger partial charge >= 0.3 is 0 Å². The SMILES string of the molecule is Nc1ccccc1NC(=O)CCCCCNS(=O)(=O)c1ccc(F)cc1. The molecule has 140 valence electrons. The van der Waals surface area contributed by atoms with Gasteiger partial charge in [0, 0.05) is 13.0 Å². The van der Waals surface area contributed by atoms with Crippen LogP contribution in [0, 0.1) is 5.82 Å². The topological polar surface area (TPSA) is 101 Å². The number of unbranched alkanes of at least 4 members (excludes halogenated alkanes) is 2. The molecule has 26 heavy (non-hydrogen) atoms. The van der Waals surface area contributed by atoms with Crippen molar-refractivity contribution in [2.24, 2.45) is 0 Å². The minimum absolute atomic E-state index is 0.0266. The Bertz CT molecular complexity index is 839. The maximum absolute atomic E-state index is 12.8. The lowest BCUT2D eigenvalue weighted by molar-refractivity contribution is -0.116. The summed E-state index contributed by atoms with van der Waals surface area (Å²) >= 11 is 0. The van der Waals surface area contributed by atoms with E-state index in [-0.39, 0.29) is 17.3 Å². The molecule has 0 fully saturated rings. The second-order valence-electron chi connectivity index (χ2n) is 5.80. The number of carbonyl (C=O) groups excluding carboxylic acids is 1. The maximum Gasteiger partial charge on any atom is 0.240 e. The summed E-state index contributed by atoms with van der Waals surface area (Å²) in [5, 5.41) is 2.75. The van der Waals surface area contributed by atoms with Gasteiger partial charge in [-0.05, 0) is 49.2 Å². The summed E-state index contributed by atoms with van der Waals surface area (Å²) in [6.45, 7) is 0.257. The van der Waals surface area contributed by atoms with E-state index in [1.165, 1.54) is 12.1 Å². The molecule has 4 N–H and O–H groups in total. The zero-order valence-corrected chi connectivity index (χ0v) is 15.1. The van der Waals surface area contributed by atoms with E-state index >= 15 is 0 Å². The molecule has 0 saturated carbocycles. The third-order valence-corrected chi connectivity index (χ3v) is 5.21. The monoisotopic (exact) mass is 379 g/mol. The van der Waals surface area contributed by atoms with Crippen LogP contribution >= 0.6 is 0 Å². The number of anilines is 2. The van der Waals surface area contributed by atoms with Gasteiger partial charge < -0.3 is 11.1 Å². The Balaban J connectivity index is 1.65. The van der Waals surface area contributed by atoms with Gasteiger partial charge in [0.1, 0.15) is 5.82 Å². The normalized spacial score (nSPS) is 11.3. The molecule has 8 heteroatoms. The van der Waals surface area contributed by atoms with Crippen LogP contribution in [0.3, 0.4) is 0 Å². The first-order valence-electron chi connectivity index (χ1n) is 8.28. The number of hydrogen-bond acceptors (Lipinski definition) is 4. The maximum atomic E-state index is 12.8. The van der Waals surface area contributed by atoms with Crippen LogP contribution in [-0.2, 0) is 14.8 Å². The molecule has 6 nitrogen and oxygen atoms in total. The Kier molecular flexibility index (Phi) is 7.11. The zero-order valence-electron chi connectivity index (χ0n) is 14.2. The average Bonchev–Trinajstić information content (AvgIpc) is 2.60. The van der Waals surface area contributed by atoms with Gasteiger partial charge in [-0.1, -0.05) is 18.6 Å². The average molecular weight is 379 g/mol. The van der Waals surface area contributed by atoms with Gasteiger partial charge in [0.25, 0.3) is 0 Å². The van der Waals surface area contributed by atoms with Gasteiger partial charge in [-0.25, -0.2) is 17.5 Å². The van der Waals surface area contributed by atoms with Crippen LogP contribution in [0.2, 0.25) is 0 Å². The van der Waals surface area contributed by atoms with Crippen molar-refractivity contribution >= 4 is 27.3 Å². The zero-order chi connectivity index (χ0) is 19.0. The molecule has 0 aliphatic rings. The number of nitrogens with two attached hydrogens (primary N) is 1. The van der Waals surface area contributed by atoms with Gasteiger partial charge in [-0.3, -0.25) is 4.79 Å². The summed E-state index contributed by atoms with van der Waals surface area (Å²) in [5.74, 6) is -0.616. The highest BCUT2D eigenvalue weighted by molar-refractivity contribution is 7.89. The number of carbonyl (C=O) groups is 1. The fourth-order valence-electron chi connectivity index (χ4n) is 2.31. The van der Waals surface area contributed by atoms with Gasteiger partial charge in [-0.2, -0.15) is 0 Å². The van der Waals surface area contributed by atoms with Crippen LogP contribution in [0.25, 0.3) is 0 Å². The Morgan fingerprint density at radius 2 is 1.69 bits per heavy atom. The molecule has 0 aliphatic heterocycles. The first kappa shape index (κ1) is 19.9. The van der Waals surface area contributed by atoms with E-state index in [1.807, 2.05) is 0 Å². The van der Waals surface area contributed by atoms with E-state index in [9.17, 15) is 17.6 Å². The number of amides is 1. The summed E-state index contributed by atoms with van der Waals surface area (Å²) < 4.78 is 39.3. The molecular weight excluding hydrogens is 357 g/mol. The number of sulfonamides is 1. The molecule has 0 saturated heterocycles. The third kappa shape index (κ3) is 6.12. The predicted octanol–water partition coefficient (Wildman–Crippen LogP) is 2.89. The standard InChI is InChI=1S/C18H22FN3O3S/c19-14-9-11-15(12-10-14)26(24,25)21-13-5-1-2-8-18(23)22-17-7-4-3-6-16(17)20/h3-4,6-7,9-12,21H,1-2,5,8,13,20H2,(H,22,23). The molecule has 2 rings (SSSR count). The largest absolute Gasteiger partial charge is 0.397 e. The van der Waals surface area contributed by atoms with E-state index in [0.717, 1.165) is 12.1 Å². The van der Waals surface area contributed by atoms with Crippen molar-refractivity contribution in [3.63, 3.8) is 0 Å². The summed E-state index contributed by atoms with van der Waals surface area (Å²) in [4.78, 5) is 11.9. The lowest BCUT2D eigenvalue weighted by atomic mass is 10.2.